The Bertz CT molecular complexity index is 715. The lowest BCUT2D eigenvalue weighted by Crippen LogP contribution is -3.15. The molecule has 0 saturated carbocycles. The molecule has 0 bridgehead atoms. The van der Waals surface area contributed by atoms with Gasteiger partial charge in [0.05, 0.1) is 44.8 Å². The predicted octanol–water partition coefficient (Wildman–Crippen LogP) is 2.21. The molecule has 0 aromatic heterocycles. The number of piperazine rings is 1. The monoisotopic (exact) mass is 362 g/mol. The van der Waals surface area contributed by atoms with Gasteiger partial charge >= 0.3 is 0 Å². The van der Waals surface area contributed by atoms with E-state index in [-0.39, 0.29) is 11.6 Å². The Balaban J connectivity index is 1.42. The Morgan fingerprint density at radius 3 is 2.48 bits per heavy atom. The van der Waals surface area contributed by atoms with E-state index in [4.69, 9.17) is 11.6 Å². The first-order chi connectivity index (χ1) is 12.1. The first-order valence-electron chi connectivity index (χ1n) is 8.50. The number of nitrogens with zero attached hydrogens (tertiary/aromatic N) is 1. The molecule has 2 N–H and O–H groups in total. The quantitative estimate of drug-likeness (QED) is 0.855. The van der Waals surface area contributed by atoms with Gasteiger partial charge in [-0.15, -0.1) is 0 Å². The Kier molecular flexibility index (Phi) is 5.89. The number of benzene rings is 2. The van der Waals surface area contributed by atoms with Gasteiger partial charge in [0.1, 0.15) is 5.82 Å². The molecule has 4 nitrogen and oxygen atoms in total. The zero-order chi connectivity index (χ0) is 17.6. The second kappa shape index (κ2) is 8.32. The summed E-state index contributed by atoms with van der Waals surface area (Å²) < 4.78 is 13.5. The van der Waals surface area contributed by atoms with E-state index in [0.717, 1.165) is 37.7 Å². The van der Waals surface area contributed by atoms with Crippen molar-refractivity contribution in [1.29, 1.82) is 0 Å². The van der Waals surface area contributed by atoms with E-state index in [9.17, 15) is 9.18 Å². The number of nitrogens with one attached hydrogen (secondary N) is 2. The molecule has 1 saturated heterocycles. The lowest BCUT2D eigenvalue weighted by molar-refractivity contribution is -0.900. The van der Waals surface area contributed by atoms with Crippen LogP contribution in [0, 0.1) is 5.82 Å². The van der Waals surface area contributed by atoms with Crippen molar-refractivity contribution in [2.24, 2.45) is 0 Å². The highest BCUT2D eigenvalue weighted by atomic mass is 35.5. The minimum Gasteiger partial charge on any atom is -0.360 e. The van der Waals surface area contributed by atoms with E-state index in [2.05, 4.69) is 10.2 Å². The fraction of sp³-hybridized carbons (Fsp3) is 0.316. The van der Waals surface area contributed by atoms with Crippen LogP contribution in [0.25, 0.3) is 0 Å². The van der Waals surface area contributed by atoms with E-state index >= 15 is 0 Å². The second-order valence-electron chi connectivity index (χ2n) is 6.24. The molecule has 0 spiro atoms. The minimum absolute atomic E-state index is 0.141. The molecule has 1 aliphatic heterocycles. The molecule has 25 heavy (non-hydrogen) atoms. The summed E-state index contributed by atoms with van der Waals surface area (Å²) in [5.74, 6) is -0.544. The number of rotatable bonds is 5. The van der Waals surface area contributed by atoms with Crippen molar-refractivity contribution in [3.05, 3.63) is 59.4 Å². The zero-order valence-corrected chi connectivity index (χ0v) is 14.7. The van der Waals surface area contributed by atoms with Gasteiger partial charge in [0, 0.05) is 10.7 Å². The Labute approximate surface area is 152 Å². The number of halogens is 2. The molecule has 0 atom stereocenters. The number of hydrogen-bond donors (Lipinski definition) is 2. The average Bonchev–Trinajstić information content (AvgIpc) is 2.63. The van der Waals surface area contributed by atoms with Crippen LogP contribution in [0.1, 0.15) is 6.42 Å². The Morgan fingerprint density at radius 1 is 1.12 bits per heavy atom. The third-order valence-electron chi connectivity index (χ3n) is 4.52. The standard InChI is InChI=1S/C19H21ClFN3O/c20-15-5-7-16(8-6-15)24-13-11-23(12-14-24)10-9-19(25)22-18-4-2-1-3-17(18)21/h1-8H,9-14H2,(H,22,25)/p+1. The number of para-hydroxylation sites is 1. The van der Waals surface area contributed by atoms with Gasteiger partial charge < -0.3 is 15.1 Å². The smallest absolute Gasteiger partial charge is 0.230 e. The van der Waals surface area contributed by atoms with E-state index in [0.29, 0.717) is 6.42 Å². The number of hydrogen-bond acceptors (Lipinski definition) is 2. The molecule has 6 heteroatoms. The van der Waals surface area contributed by atoms with Crippen molar-refractivity contribution >= 4 is 28.9 Å². The van der Waals surface area contributed by atoms with Crippen LogP contribution < -0.4 is 15.1 Å². The van der Waals surface area contributed by atoms with Crippen LogP contribution in [0.2, 0.25) is 5.02 Å². The summed E-state index contributed by atoms with van der Waals surface area (Å²) in [6.07, 6.45) is 0.393. The molecule has 1 fully saturated rings. The minimum atomic E-state index is -0.403. The van der Waals surface area contributed by atoms with Gasteiger partial charge in [-0.2, -0.15) is 0 Å². The van der Waals surface area contributed by atoms with Crippen molar-refractivity contribution in [1.82, 2.24) is 0 Å². The number of amides is 1. The van der Waals surface area contributed by atoms with E-state index in [1.54, 1.807) is 18.2 Å². The highest BCUT2D eigenvalue weighted by Gasteiger charge is 2.21. The maximum atomic E-state index is 13.5. The van der Waals surface area contributed by atoms with Crippen LogP contribution in [0.15, 0.2) is 48.5 Å². The topological polar surface area (TPSA) is 36.8 Å². The summed E-state index contributed by atoms with van der Waals surface area (Å²) in [5, 5.41) is 3.38. The number of carbonyl (C=O) groups excluding carboxylic acids is 1. The van der Waals surface area contributed by atoms with Crippen LogP contribution in [0.5, 0.6) is 0 Å². The maximum Gasteiger partial charge on any atom is 0.230 e. The van der Waals surface area contributed by atoms with Gasteiger partial charge in [0.2, 0.25) is 5.91 Å². The molecule has 3 rings (SSSR count). The van der Waals surface area contributed by atoms with Crippen LogP contribution >= 0.6 is 11.6 Å². The summed E-state index contributed by atoms with van der Waals surface area (Å²) >= 11 is 5.93. The summed E-state index contributed by atoms with van der Waals surface area (Å²) in [7, 11) is 0. The molecule has 132 valence electrons. The summed E-state index contributed by atoms with van der Waals surface area (Å²) in [6, 6.07) is 14.1. The van der Waals surface area contributed by atoms with Crippen molar-refractivity contribution in [3.63, 3.8) is 0 Å². The van der Waals surface area contributed by atoms with Crippen molar-refractivity contribution < 1.29 is 14.1 Å². The van der Waals surface area contributed by atoms with Gasteiger partial charge in [-0.3, -0.25) is 4.79 Å². The van der Waals surface area contributed by atoms with E-state index < -0.39 is 5.82 Å². The molecule has 0 aliphatic carbocycles. The fourth-order valence-electron chi connectivity index (χ4n) is 3.05. The van der Waals surface area contributed by atoms with Crippen molar-refractivity contribution in [3.8, 4) is 0 Å². The van der Waals surface area contributed by atoms with Crippen LogP contribution in [-0.4, -0.2) is 38.6 Å². The van der Waals surface area contributed by atoms with Gasteiger partial charge in [0.15, 0.2) is 0 Å². The molecule has 0 radical (unpaired) electrons. The lowest BCUT2D eigenvalue weighted by Gasteiger charge is -2.33. The molecule has 1 amide bonds. The number of quaternary nitrogens is 1. The second-order valence-corrected chi connectivity index (χ2v) is 6.68. The largest absolute Gasteiger partial charge is 0.360 e. The molecule has 2 aromatic carbocycles. The lowest BCUT2D eigenvalue weighted by atomic mass is 10.2. The molecule has 1 heterocycles. The Hall–Kier alpha value is -2.11. The average molecular weight is 363 g/mol. The summed E-state index contributed by atoms with van der Waals surface area (Å²) in [6.45, 7) is 4.62. The predicted molar refractivity (Wildman–Crippen MR) is 98.9 cm³/mol. The first kappa shape index (κ1) is 17.7. The third kappa shape index (κ3) is 4.94. The number of carbonyl (C=O) groups is 1. The van der Waals surface area contributed by atoms with E-state index in [1.165, 1.54) is 16.7 Å². The van der Waals surface area contributed by atoms with Gasteiger partial charge in [-0.1, -0.05) is 23.7 Å². The van der Waals surface area contributed by atoms with Crippen molar-refractivity contribution in [2.75, 3.05) is 42.9 Å². The van der Waals surface area contributed by atoms with E-state index in [1.807, 2.05) is 24.3 Å². The van der Waals surface area contributed by atoms with Crippen molar-refractivity contribution in [2.45, 2.75) is 6.42 Å². The maximum absolute atomic E-state index is 13.5. The zero-order valence-electron chi connectivity index (χ0n) is 14.0. The van der Waals surface area contributed by atoms with Gasteiger partial charge in [0.25, 0.3) is 0 Å². The van der Waals surface area contributed by atoms with Crippen LogP contribution in [0.3, 0.4) is 0 Å². The molecule has 2 aromatic rings. The Morgan fingerprint density at radius 2 is 1.80 bits per heavy atom. The van der Waals surface area contributed by atoms with Gasteiger partial charge in [-0.25, -0.2) is 4.39 Å². The normalized spacial score (nSPS) is 15.2. The fourth-order valence-corrected chi connectivity index (χ4v) is 3.17. The molecule has 1 aliphatic rings. The van der Waals surface area contributed by atoms with Gasteiger partial charge in [-0.05, 0) is 36.4 Å². The highest BCUT2D eigenvalue weighted by molar-refractivity contribution is 6.30. The SMILES string of the molecule is O=C(CC[NH+]1CCN(c2ccc(Cl)cc2)CC1)Nc1ccccc1F. The highest BCUT2D eigenvalue weighted by Crippen LogP contribution is 2.17. The molecule has 0 unspecified atom stereocenters. The molecular formula is C19H22ClFN3O+. The van der Waals surface area contributed by atoms with Crippen LogP contribution in [-0.2, 0) is 4.79 Å². The summed E-state index contributed by atoms with van der Waals surface area (Å²) in [4.78, 5) is 15.7. The summed E-state index contributed by atoms with van der Waals surface area (Å²) in [5.41, 5.74) is 1.43. The third-order valence-corrected chi connectivity index (χ3v) is 4.77. The first-order valence-corrected chi connectivity index (χ1v) is 8.88. The number of anilines is 2. The molecular weight excluding hydrogens is 341 g/mol. The van der Waals surface area contributed by atoms with Crippen LogP contribution in [0.4, 0.5) is 15.8 Å².